The highest BCUT2D eigenvalue weighted by atomic mass is 35.5. The van der Waals surface area contributed by atoms with Crippen molar-refractivity contribution in [3.8, 4) is 0 Å². The Bertz CT molecular complexity index is 708. The topological polar surface area (TPSA) is 90.3 Å². The summed E-state index contributed by atoms with van der Waals surface area (Å²) in [6.45, 7) is 4.22. The Balaban J connectivity index is 0.00000242. The van der Waals surface area contributed by atoms with Gasteiger partial charge in [0.25, 0.3) is 0 Å². The van der Waals surface area contributed by atoms with Crippen LogP contribution in [0.4, 0.5) is 5.69 Å². The molecule has 0 aliphatic carbocycles. The molecule has 22 heavy (non-hydrogen) atoms. The van der Waals surface area contributed by atoms with Gasteiger partial charge >= 0.3 is 5.76 Å². The van der Waals surface area contributed by atoms with Gasteiger partial charge in [-0.3, -0.25) is 9.36 Å². The van der Waals surface area contributed by atoms with Crippen LogP contribution in [0.3, 0.4) is 0 Å². The van der Waals surface area contributed by atoms with Crippen LogP contribution in [-0.4, -0.2) is 17.0 Å². The zero-order valence-electron chi connectivity index (χ0n) is 13.0. The lowest BCUT2D eigenvalue weighted by atomic mass is 9.81. The zero-order chi connectivity index (χ0) is 15.6. The Kier molecular flexibility index (Phi) is 5.79. The number of anilines is 1. The van der Waals surface area contributed by atoms with E-state index in [2.05, 4.69) is 5.32 Å². The van der Waals surface area contributed by atoms with Crippen molar-refractivity contribution >= 4 is 35.1 Å². The molecule has 6 nitrogen and oxygen atoms in total. The molecule has 0 atom stereocenters. The van der Waals surface area contributed by atoms with E-state index in [9.17, 15) is 9.59 Å². The Labute approximate surface area is 135 Å². The summed E-state index contributed by atoms with van der Waals surface area (Å²) in [5.41, 5.74) is 6.99. The first-order valence-electron chi connectivity index (χ1n) is 7.08. The van der Waals surface area contributed by atoms with E-state index in [0.29, 0.717) is 36.2 Å². The van der Waals surface area contributed by atoms with Crippen LogP contribution < -0.4 is 16.8 Å². The largest absolute Gasteiger partial charge is 0.419 e. The van der Waals surface area contributed by atoms with Gasteiger partial charge in [-0.2, -0.15) is 0 Å². The van der Waals surface area contributed by atoms with Gasteiger partial charge in [-0.05, 0) is 31.0 Å². The van der Waals surface area contributed by atoms with Crippen molar-refractivity contribution in [2.24, 2.45) is 18.2 Å². The molecule has 7 heteroatoms. The summed E-state index contributed by atoms with van der Waals surface area (Å²) >= 11 is 0. The van der Waals surface area contributed by atoms with Gasteiger partial charge in [-0.25, -0.2) is 4.79 Å². The standard InChI is InChI=1S/C15H21N3O3.ClH/c1-4-15(5-2,9-16)13(19)17-10-6-7-12-11(8-10)18(3)14(20)21-12;/h6-8H,4-5,9,16H2,1-3H3,(H,17,19);1H. The van der Waals surface area contributed by atoms with Gasteiger partial charge in [0.15, 0.2) is 5.58 Å². The second-order valence-corrected chi connectivity index (χ2v) is 5.26. The highest BCUT2D eigenvalue weighted by Gasteiger charge is 2.33. The number of fused-ring (bicyclic) bond motifs is 1. The Morgan fingerprint density at radius 3 is 2.55 bits per heavy atom. The minimum atomic E-state index is -0.558. The minimum Gasteiger partial charge on any atom is -0.408 e. The van der Waals surface area contributed by atoms with Gasteiger partial charge in [0.1, 0.15) is 0 Å². The molecule has 0 spiro atoms. The molecule has 1 aromatic carbocycles. The number of hydrogen-bond acceptors (Lipinski definition) is 4. The quantitative estimate of drug-likeness (QED) is 0.881. The number of aromatic nitrogens is 1. The molecule has 0 bridgehead atoms. The first-order chi connectivity index (χ1) is 9.97. The molecule has 1 heterocycles. The molecular formula is C15H22ClN3O3. The summed E-state index contributed by atoms with van der Waals surface area (Å²) in [5.74, 6) is -0.519. The van der Waals surface area contributed by atoms with Crippen molar-refractivity contribution in [3.05, 3.63) is 28.7 Å². The number of hydrogen-bond donors (Lipinski definition) is 2. The summed E-state index contributed by atoms with van der Waals surface area (Å²) < 4.78 is 6.47. The number of nitrogens with two attached hydrogens (primary N) is 1. The molecule has 0 saturated carbocycles. The van der Waals surface area contributed by atoms with E-state index in [4.69, 9.17) is 10.2 Å². The van der Waals surface area contributed by atoms with Gasteiger partial charge in [-0.15, -0.1) is 12.4 Å². The van der Waals surface area contributed by atoms with Crippen molar-refractivity contribution in [2.75, 3.05) is 11.9 Å². The van der Waals surface area contributed by atoms with E-state index >= 15 is 0 Å². The molecule has 0 unspecified atom stereocenters. The number of benzene rings is 1. The normalized spacial score (nSPS) is 11.3. The fourth-order valence-corrected chi connectivity index (χ4v) is 2.42. The van der Waals surface area contributed by atoms with Crippen molar-refractivity contribution in [1.29, 1.82) is 0 Å². The number of carbonyl (C=O) groups excluding carboxylic acids is 1. The number of nitrogens with zero attached hydrogens (tertiary/aromatic N) is 1. The minimum absolute atomic E-state index is 0. The second-order valence-electron chi connectivity index (χ2n) is 5.26. The van der Waals surface area contributed by atoms with Crippen LogP contribution in [-0.2, 0) is 11.8 Å². The highest BCUT2D eigenvalue weighted by molar-refractivity contribution is 5.96. The number of carbonyl (C=O) groups is 1. The third-order valence-corrected chi connectivity index (χ3v) is 4.28. The smallest absolute Gasteiger partial charge is 0.408 e. The van der Waals surface area contributed by atoms with Crippen LogP contribution in [0.1, 0.15) is 26.7 Å². The molecule has 122 valence electrons. The van der Waals surface area contributed by atoms with Crippen LogP contribution in [0.25, 0.3) is 11.1 Å². The summed E-state index contributed by atoms with van der Waals surface area (Å²) in [7, 11) is 1.63. The summed E-state index contributed by atoms with van der Waals surface area (Å²) in [6.07, 6.45) is 1.36. The van der Waals surface area contributed by atoms with Crippen LogP contribution in [0.5, 0.6) is 0 Å². The molecule has 2 rings (SSSR count). The van der Waals surface area contributed by atoms with Crippen LogP contribution in [0.15, 0.2) is 27.4 Å². The second kappa shape index (κ2) is 6.98. The van der Waals surface area contributed by atoms with Crippen LogP contribution in [0, 0.1) is 5.41 Å². The maximum atomic E-state index is 12.5. The van der Waals surface area contributed by atoms with Gasteiger partial charge in [0.05, 0.1) is 10.9 Å². The summed E-state index contributed by atoms with van der Waals surface area (Å²) in [4.78, 5) is 23.9. The third-order valence-electron chi connectivity index (χ3n) is 4.28. The van der Waals surface area contributed by atoms with Crippen molar-refractivity contribution < 1.29 is 9.21 Å². The van der Waals surface area contributed by atoms with E-state index < -0.39 is 11.2 Å². The SMILES string of the molecule is CCC(CC)(CN)C(=O)Nc1ccc2oc(=O)n(C)c2c1.Cl. The van der Waals surface area contributed by atoms with Crippen LogP contribution >= 0.6 is 12.4 Å². The van der Waals surface area contributed by atoms with Crippen LogP contribution in [0.2, 0.25) is 0 Å². The lowest BCUT2D eigenvalue weighted by Gasteiger charge is -2.28. The lowest BCUT2D eigenvalue weighted by Crippen LogP contribution is -2.41. The van der Waals surface area contributed by atoms with E-state index in [1.807, 2.05) is 13.8 Å². The number of aryl methyl sites for hydroxylation is 1. The fourth-order valence-electron chi connectivity index (χ4n) is 2.42. The number of oxazole rings is 1. The number of halogens is 1. The molecular weight excluding hydrogens is 306 g/mol. The number of amides is 1. The van der Waals surface area contributed by atoms with Gasteiger partial charge < -0.3 is 15.5 Å². The number of rotatable bonds is 5. The molecule has 2 aromatic rings. The lowest BCUT2D eigenvalue weighted by molar-refractivity contribution is -0.125. The Hall–Kier alpha value is -1.79. The maximum Gasteiger partial charge on any atom is 0.419 e. The van der Waals surface area contributed by atoms with Crippen molar-refractivity contribution in [1.82, 2.24) is 4.57 Å². The van der Waals surface area contributed by atoms with Gasteiger partial charge in [-0.1, -0.05) is 13.8 Å². The predicted octanol–water partition coefficient (Wildman–Crippen LogP) is 2.26. The fraction of sp³-hybridized carbons (Fsp3) is 0.467. The molecule has 3 N–H and O–H groups in total. The first-order valence-corrected chi connectivity index (χ1v) is 7.08. The van der Waals surface area contributed by atoms with E-state index in [1.54, 1.807) is 25.2 Å². The Morgan fingerprint density at radius 2 is 2.00 bits per heavy atom. The number of nitrogens with one attached hydrogen (secondary N) is 1. The van der Waals surface area contributed by atoms with E-state index in [1.165, 1.54) is 4.57 Å². The molecule has 0 aliphatic rings. The molecule has 1 aromatic heterocycles. The van der Waals surface area contributed by atoms with Crippen molar-refractivity contribution in [3.63, 3.8) is 0 Å². The third kappa shape index (κ3) is 3.03. The first kappa shape index (κ1) is 18.3. The molecule has 1 amide bonds. The average molecular weight is 328 g/mol. The molecule has 0 aliphatic heterocycles. The zero-order valence-corrected chi connectivity index (χ0v) is 13.8. The predicted molar refractivity (Wildman–Crippen MR) is 89.4 cm³/mol. The highest BCUT2D eigenvalue weighted by Crippen LogP contribution is 2.27. The average Bonchev–Trinajstić information content (AvgIpc) is 2.77. The molecule has 0 fully saturated rings. The van der Waals surface area contributed by atoms with Gasteiger partial charge in [0.2, 0.25) is 5.91 Å². The maximum absolute atomic E-state index is 12.5. The van der Waals surface area contributed by atoms with E-state index in [-0.39, 0.29) is 18.3 Å². The van der Waals surface area contributed by atoms with E-state index in [0.717, 1.165) is 0 Å². The monoisotopic (exact) mass is 327 g/mol. The molecule has 0 radical (unpaired) electrons. The summed E-state index contributed by atoms with van der Waals surface area (Å²) in [6, 6.07) is 5.12. The Morgan fingerprint density at radius 1 is 1.36 bits per heavy atom. The van der Waals surface area contributed by atoms with Gasteiger partial charge in [0, 0.05) is 19.3 Å². The summed E-state index contributed by atoms with van der Waals surface area (Å²) in [5, 5.41) is 2.89. The molecule has 0 saturated heterocycles. The van der Waals surface area contributed by atoms with Crippen molar-refractivity contribution in [2.45, 2.75) is 26.7 Å².